The summed E-state index contributed by atoms with van der Waals surface area (Å²) in [7, 11) is 0. The van der Waals surface area contributed by atoms with Gasteiger partial charge in [-0.3, -0.25) is 9.59 Å². The molecule has 2 aromatic heterocycles. The van der Waals surface area contributed by atoms with Crippen LogP contribution in [0.5, 0.6) is 5.88 Å². The molecule has 168 valence electrons. The second kappa shape index (κ2) is 9.31. The third-order valence-electron chi connectivity index (χ3n) is 5.43. The third kappa shape index (κ3) is 4.40. The smallest absolute Gasteiger partial charge is 0.273 e. The van der Waals surface area contributed by atoms with Gasteiger partial charge in [-0.05, 0) is 51.9 Å². The number of piperidine rings is 1. The number of nitrogens with one attached hydrogen (secondary N) is 2. The summed E-state index contributed by atoms with van der Waals surface area (Å²) in [6.07, 6.45) is 5.84. The second-order valence-electron chi connectivity index (χ2n) is 8.04. The van der Waals surface area contributed by atoms with Gasteiger partial charge in [0, 0.05) is 36.7 Å². The molecule has 10 nitrogen and oxygen atoms in total. The maximum atomic E-state index is 13.1. The Balaban J connectivity index is 1.63. The van der Waals surface area contributed by atoms with E-state index in [9.17, 15) is 9.59 Å². The topological polar surface area (TPSA) is 135 Å². The summed E-state index contributed by atoms with van der Waals surface area (Å²) in [5.74, 6) is -0.189. The van der Waals surface area contributed by atoms with E-state index < -0.39 is 5.91 Å². The number of aromatic nitrogens is 3. The fraction of sp³-hybridized carbons (Fsp3) is 0.409. The molecule has 0 aliphatic carbocycles. The van der Waals surface area contributed by atoms with Crippen molar-refractivity contribution in [3.63, 3.8) is 0 Å². The van der Waals surface area contributed by atoms with E-state index in [1.54, 1.807) is 12.1 Å². The molecule has 2 aromatic rings. The van der Waals surface area contributed by atoms with E-state index in [4.69, 9.17) is 10.5 Å². The molecule has 0 aromatic carbocycles. The highest BCUT2D eigenvalue weighted by atomic mass is 16.5. The van der Waals surface area contributed by atoms with Crippen molar-refractivity contribution < 1.29 is 14.3 Å². The zero-order valence-electron chi connectivity index (χ0n) is 18.2. The number of nitrogens with zero attached hydrogens (tertiary/aromatic N) is 4. The summed E-state index contributed by atoms with van der Waals surface area (Å²) in [5.41, 5.74) is 7.31. The van der Waals surface area contributed by atoms with Gasteiger partial charge in [0.1, 0.15) is 11.4 Å². The van der Waals surface area contributed by atoms with Crippen LogP contribution in [0, 0.1) is 0 Å². The summed E-state index contributed by atoms with van der Waals surface area (Å²) in [6.45, 7) is 5.94. The first kappa shape index (κ1) is 21.7. The van der Waals surface area contributed by atoms with Crippen molar-refractivity contribution in [2.24, 2.45) is 5.73 Å². The van der Waals surface area contributed by atoms with Crippen molar-refractivity contribution in [3.05, 3.63) is 47.8 Å². The first-order valence-electron chi connectivity index (χ1n) is 10.7. The number of rotatable bonds is 6. The normalized spacial score (nSPS) is 16.9. The van der Waals surface area contributed by atoms with Crippen LogP contribution in [0.4, 0.5) is 5.69 Å². The lowest BCUT2D eigenvalue weighted by atomic mass is 10.1. The van der Waals surface area contributed by atoms with Crippen molar-refractivity contribution >= 4 is 23.1 Å². The standard InChI is InChI=1S/C22H27N7O3/c1-13(2)32-21-17(27-20(30)16(11-23)19-25-6-3-7-26-19)10-14-12-29(22(31)18(14)28-21)15-4-8-24-9-5-15/h3,6-7,10-11,13,15,24H,4-5,8-9,12,23H2,1-2H3,(H,27,30)/b16-11+. The highest BCUT2D eigenvalue weighted by Crippen LogP contribution is 2.33. The summed E-state index contributed by atoms with van der Waals surface area (Å²) >= 11 is 0. The average molecular weight is 438 g/mol. The molecule has 10 heteroatoms. The number of nitrogens with two attached hydrogens (primary N) is 1. The van der Waals surface area contributed by atoms with Gasteiger partial charge in [-0.15, -0.1) is 0 Å². The number of amides is 2. The molecule has 32 heavy (non-hydrogen) atoms. The molecule has 2 aliphatic rings. The molecule has 2 aliphatic heterocycles. The van der Waals surface area contributed by atoms with Crippen molar-refractivity contribution in [2.45, 2.75) is 45.4 Å². The number of hydrogen-bond donors (Lipinski definition) is 3. The fourth-order valence-corrected chi connectivity index (χ4v) is 3.93. The molecule has 1 saturated heterocycles. The maximum Gasteiger partial charge on any atom is 0.273 e. The first-order chi connectivity index (χ1) is 15.5. The van der Waals surface area contributed by atoms with Crippen LogP contribution in [0.15, 0.2) is 30.7 Å². The Morgan fingerprint density at radius 1 is 1.31 bits per heavy atom. The fourth-order valence-electron chi connectivity index (χ4n) is 3.93. The Hall–Kier alpha value is -3.53. The lowest BCUT2D eigenvalue weighted by molar-refractivity contribution is -0.111. The minimum atomic E-state index is -0.492. The number of carbonyl (C=O) groups is 2. The number of carbonyl (C=O) groups excluding carboxylic acids is 2. The van der Waals surface area contributed by atoms with E-state index in [0.29, 0.717) is 17.9 Å². The zero-order chi connectivity index (χ0) is 22.7. The van der Waals surface area contributed by atoms with Crippen LogP contribution in [-0.4, -0.2) is 56.9 Å². The molecule has 4 N–H and O–H groups in total. The lowest BCUT2D eigenvalue weighted by Crippen LogP contribution is -2.43. The van der Waals surface area contributed by atoms with Gasteiger partial charge in [0.2, 0.25) is 5.88 Å². The summed E-state index contributed by atoms with van der Waals surface area (Å²) in [5, 5.41) is 6.13. The summed E-state index contributed by atoms with van der Waals surface area (Å²) < 4.78 is 5.83. The van der Waals surface area contributed by atoms with Gasteiger partial charge in [0.05, 0.1) is 11.7 Å². The molecule has 0 atom stereocenters. The second-order valence-corrected chi connectivity index (χ2v) is 8.04. The van der Waals surface area contributed by atoms with Gasteiger partial charge in [-0.2, -0.15) is 0 Å². The third-order valence-corrected chi connectivity index (χ3v) is 5.43. The van der Waals surface area contributed by atoms with E-state index in [2.05, 4.69) is 25.6 Å². The van der Waals surface area contributed by atoms with Crippen LogP contribution in [-0.2, 0) is 11.3 Å². The van der Waals surface area contributed by atoms with E-state index in [1.807, 2.05) is 18.7 Å². The van der Waals surface area contributed by atoms with Crippen LogP contribution in [0.25, 0.3) is 5.57 Å². The van der Waals surface area contributed by atoms with Crippen LogP contribution in [0.1, 0.15) is 48.6 Å². The van der Waals surface area contributed by atoms with Crippen molar-refractivity contribution in [1.29, 1.82) is 0 Å². The SMILES string of the molecule is CC(C)Oc1nc2c(cc1NC(=O)/C(=C/N)c1ncccn1)CN(C1CCNCC1)C2=O. The Kier molecular flexibility index (Phi) is 6.31. The van der Waals surface area contributed by atoms with Gasteiger partial charge in [0.15, 0.2) is 5.82 Å². The van der Waals surface area contributed by atoms with Gasteiger partial charge in [0.25, 0.3) is 11.8 Å². The molecule has 1 fully saturated rings. The zero-order valence-corrected chi connectivity index (χ0v) is 18.2. The largest absolute Gasteiger partial charge is 0.473 e. The van der Waals surface area contributed by atoms with Crippen LogP contribution in [0.3, 0.4) is 0 Å². The molecule has 0 saturated carbocycles. The number of ether oxygens (including phenoxy) is 1. The molecular weight excluding hydrogens is 410 g/mol. The number of fused-ring (bicyclic) bond motifs is 1. The predicted molar refractivity (Wildman–Crippen MR) is 119 cm³/mol. The summed E-state index contributed by atoms with van der Waals surface area (Å²) in [6, 6.07) is 3.59. The van der Waals surface area contributed by atoms with E-state index in [-0.39, 0.29) is 35.3 Å². The van der Waals surface area contributed by atoms with Gasteiger partial charge < -0.3 is 26.0 Å². The lowest BCUT2D eigenvalue weighted by Gasteiger charge is -2.31. The predicted octanol–water partition coefficient (Wildman–Crippen LogP) is 1.30. The average Bonchev–Trinajstić information content (AvgIpc) is 3.11. The molecular formula is C22H27N7O3. The van der Waals surface area contributed by atoms with E-state index >= 15 is 0 Å². The van der Waals surface area contributed by atoms with Crippen LogP contribution in [0.2, 0.25) is 0 Å². The van der Waals surface area contributed by atoms with Crippen molar-refractivity contribution in [2.75, 3.05) is 18.4 Å². The molecule has 0 radical (unpaired) electrons. The Bertz CT molecular complexity index is 1030. The summed E-state index contributed by atoms with van der Waals surface area (Å²) in [4.78, 5) is 40.6. The Morgan fingerprint density at radius 3 is 2.69 bits per heavy atom. The number of pyridine rings is 1. The monoisotopic (exact) mass is 437 g/mol. The molecule has 2 amide bonds. The highest BCUT2D eigenvalue weighted by molar-refractivity contribution is 6.24. The quantitative estimate of drug-likeness (QED) is 0.576. The molecule has 0 bridgehead atoms. The molecule has 0 spiro atoms. The van der Waals surface area contributed by atoms with Gasteiger partial charge in [-0.1, -0.05) is 0 Å². The molecule has 0 unspecified atom stereocenters. The highest BCUT2D eigenvalue weighted by Gasteiger charge is 2.36. The van der Waals surface area contributed by atoms with Crippen molar-refractivity contribution in [3.8, 4) is 5.88 Å². The van der Waals surface area contributed by atoms with Crippen LogP contribution < -0.4 is 21.1 Å². The maximum absolute atomic E-state index is 13.1. The molecule has 4 rings (SSSR count). The Morgan fingerprint density at radius 2 is 2.03 bits per heavy atom. The van der Waals surface area contributed by atoms with Gasteiger partial charge >= 0.3 is 0 Å². The minimum Gasteiger partial charge on any atom is -0.473 e. The minimum absolute atomic E-state index is 0.0985. The van der Waals surface area contributed by atoms with Gasteiger partial charge in [-0.25, -0.2) is 15.0 Å². The van der Waals surface area contributed by atoms with E-state index in [1.165, 1.54) is 12.4 Å². The first-order valence-corrected chi connectivity index (χ1v) is 10.7. The molecule has 4 heterocycles. The van der Waals surface area contributed by atoms with E-state index in [0.717, 1.165) is 37.7 Å². The van der Waals surface area contributed by atoms with Crippen molar-refractivity contribution in [1.82, 2.24) is 25.2 Å². The number of anilines is 1. The van der Waals surface area contributed by atoms with Crippen LogP contribution >= 0.6 is 0 Å². The Labute approximate surface area is 186 Å². The number of hydrogen-bond acceptors (Lipinski definition) is 8.